The van der Waals surface area contributed by atoms with Crippen LogP contribution in [0.4, 0.5) is 0 Å². The summed E-state index contributed by atoms with van der Waals surface area (Å²) in [5, 5.41) is 11.8. The van der Waals surface area contributed by atoms with Crippen LogP contribution < -0.4 is 5.32 Å². The van der Waals surface area contributed by atoms with Gasteiger partial charge in [0.1, 0.15) is 5.76 Å². The number of nitrogens with one attached hydrogen (secondary N) is 1. The summed E-state index contributed by atoms with van der Waals surface area (Å²) in [6.45, 7) is 10.4. The second-order valence-electron chi connectivity index (χ2n) is 6.45. The van der Waals surface area contributed by atoms with Crippen molar-refractivity contribution in [2.75, 3.05) is 39.8 Å². The quantitative estimate of drug-likeness (QED) is 0.641. The lowest BCUT2D eigenvalue weighted by molar-refractivity contribution is 0.169. The van der Waals surface area contributed by atoms with Crippen LogP contribution >= 0.6 is 0 Å². The molecule has 8 nitrogen and oxygen atoms in total. The molecule has 0 aromatic carbocycles. The number of hydrogen-bond donors (Lipinski definition) is 1. The lowest BCUT2D eigenvalue weighted by Gasteiger charge is -2.36. The molecular weight excluding hydrogens is 318 g/mol. The standard InChI is InChI=1S/C17H27N7O/c1-14-11-20-24(12-14)5-4-19-17(18-3)23-8-6-22(7-9-23)13-16-10-15(2)25-21-16/h10-12H,4-9,13H2,1-3H3,(H,18,19). The van der Waals surface area contributed by atoms with E-state index in [1.807, 2.05) is 30.9 Å². The van der Waals surface area contributed by atoms with E-state index in [4.69, 9.17) is 4.52 Å². The molecule has 1 aliphatic heterocycles. The van der Waals surface area contributed by atoms with E-state index in [2.05, 4.69) is 43.5 Å². The summed E-state index contributed by atoms with van der Waals surface area (Å²) in [6, 6.07) is 2.00. The van der Waals surface area contributed by atoms with Crippen LogP contribution in [0.25, 0.3) is 0 Å². The number of guanidine groups is 1. The molecule has 0 spiro atoms. The first-order chi connectivity index (χ1) is 12.1. The van der Waals surface area contributed by atoms with Gasteiger partial charge in [0.2, 0.25) is 0 Å². The Morgan fingerprint density at radius 3 is 2.68 bits per heavy atom. The van der Waals surface area contributed by atoms with Crippen LogP contribution in [0.5, 0.6) is 0 Å². The Morgan fingerprint density at radius 2 is 2.08 bits per heavy atom. The van der Waals surface area contributed by atoms with E-state index in [1.165, 1.54) is 5.56 Å². The van der Waals surface area contributed by atoms with Gasteiger partial charge in [-0.25, -0.2) is 0 Å². The summed E-state index contributed by atoms with van der Waals surface area (Å²) < 4.78 is 7.09. The predicted octanol–water partition coefficient (Wildman–Crippen LogP) is 0.881. The van der Waals surface area contributed by atoms with E-state index in [1.54, 1.807) is 0 Å². The third kappa shape index (κ3) is 4.82. The van der Waals surface area contributed by atoms with Crippen molar-refractivity contribution in [3.05, 3.63) is 35.5 Å². The zero-order valence-corrected chi connectivity index (χ0v) is 15.3. The Hall–Kier alpha value is -2.35. The molecule has 0 atom stereocenters. The summed E-state index contributed by atoms with van der Waals surface area (Å²) in [5.74, 6) is 1.83. The van der Waals surface area contributed by atoms with Crippen LogP contribution in [-0.2, 0) is 13.1 Å². The van der Waals surface area contributed by atoms with Crippen molar-refractivity contribution in [3.63, 3.8) is 0 Å². The smallest absolute Gasteiger partial charge is 0.193 e. The minimum Gasteiger partial charge on any atom is -0.361 e. The average molecular weight is 345 g/mol. The molecule has 0 saturated carbocycles. The molecule has 1 fully saturated rings. The van der Waals surface area contributed by atoms with E-state index in [9.17, 15) is 0 Å². The minimum atomic E-state index is 0.812. The molecule has 1 aliphatic rings. The summed E-state index contributed by atoms with van der Waals surface area (Å²) >= 11 is 0. The molecule has 136 valence electrons. The first-order valence-electron chi connectivity index (χ1n) is 8.73. The molecular formula is C17H27N7O. The maximum atomic E-state index is 5.14. The van der Waals surface area contributed by atoms with E-state index < -0.39 is 0 Å². The molecule has 3 rings (SSSR count). The van der Waals surface area contributed by atoms with E-state index in [0.29, 0.717) is 0 Å². The van der Waals surface area contributed by atoms with Crippen LogP contribution in [-0.4, -0.2) is 70.5 Å². The maximum Gasteiger partial charge on any atom is 0.193 e. The fourth-order valence-electron chi connectivity index (χ4n) is 3.04. The van der Waals surface area contributed by atoms with E-state index in [0.717, 1.165) is 63.2 Å². The topological polar surface area (TPSA) is 74.7 Å². The summed E-state index contributed by atoms with van der Waals surface area (Å²) in [6.07, 6.45) is 3.93. The lowest BCUT2D eigenvalue weighted by atomic mass is 10.3. The third-order valence-corrected chi connectivity index (χ3v) is 4.33. The van der Waals surface area contributed by atoms with Crippen LogP contribution in [0.3, 0.4) is 0 Å². The van der Waals surface area contributed by atoms with E-state index in [-0.39, 0.29) is 0 Å². The lowest BCUT2D eigenvalue weighted by Crippen LogP contribution is -2.52. The van der Waals surface area contributed by atoms with Gasteiger partial charge in [-0.1, -0.05) is 5.16 Å². The van der Waals surface area contributed by atoms with Gasteiger partial charge in [0.05, 0.1) is 18.4 Å². The third-order valence-electron chi connectivity index (χ3n) is 4.33. The number of hydrogen-bond acceptors (Lipinski definition) is 5. The van der Waals surface area contributed by atoms with Gasteiger partial charge in [-0.3, -0.25) is 14.6 Å². The molecule has 25 heavy (non-hydrogen) atoms. The number of aliphatic imine (C=N–C) groups is 1. The molecule has 3 heterocycles. The van der Waals surface area contributed by atoms with Crippen LogP contribution in [0.15, 0.2) is 28.0 Å². The molecule has 0 unspecified atom stereocenters. The van der Waals surface area contributed by atoms with Crippen molar-refractivity contribution in [1.82, 2.24) is 30.1 Å². The number of nitrogens with zero attached hydrogens (tertiary/aromatic N) is 6. The number of aryl methyl sites for hydroxylation is 2. The molecule has 0 bridgehead atoms. The first kappa shape index (κ1) is 17.5. The molecule has 2 aromatic rings. The largest absolute Gasteiger partial charge is 0.361 e. The molecule has 8 heteroatoms. The van der Waals surface area contributed by atoms with Gasteiger partial charge < -0.3 is 14.7 Å². The Bertz CT molecular complexity index is 697. The molecule has 1 N–H and O–H groups in total. The fraction of sp³-hybridized carbons (Fsp3) is 0.588. The van der Waals surface area contributed by atoms with Crippen LogP contribution in [0.2, 0.25) is 0 Å². The monoisotopic (exact) mass is 345 g/mol. The second-order valence-corrected chi connectivity index (χ2v) is 6.45. The average Bonchev–Trinajstić information content (AvgIpc) is 3.21. The highest BCUT2D eigenvalue weighted by atomic mass is 16.5. The Labute approximate surface area is 148 Å². The highest BCUT2D eigenvalue weighted by Crippen LogP contribution is 2.09. The van der Waals surface area contributed by atoms with Crippen molar-refractivity contribution in [2.45, 2.75) is 26.9 Å². The van der Waals surface area contributed by atoms with Crippen molar-refractivity contribution in [3.8, 4) is 0 Å². The normalized spacial score (nSPS) is 16.4. The minimum absolute atomic E-state index is 0.812. The highest BCUT2D eigenvalue weighted by Gasteiger charge is 2.20. The Balaban J connectivity index is 1.42. The SMILES string of the molecule is CN=C(NCCn1cc(C)cn1)N1CCN(Cc2cc(C)on2)CC1. The van der Waals surface area contributed by atoms with Gasteiger partial charge in [0.25, 0.3) is 0 Å². The number of rotatable bonds is 5. The van der Waals surface area contributed by atoms with Crippen LogP contribution in [0, 0.1) is 13.8 Å². The predicted molar refractivity (Wildman–Crippen MR) is 96.4 cm³/mol. The molecule has 1 saturated heterocycles. The Kier molecular flexibility index (Phi) is 5.70. The molecule has 2 aromatic heterocycles. The van der Waals surface area contributed by atoms with Crippen molar-refractivity contribution < 1.29 is 4.52 Å². The zero-order chi connectivity index (χ0) is 17.6. The van der Waals surface area contributed by atoms with Crippen LogP contribution in [0.1, 0.15) is 17.0 Å². The van der Waals surface area contributed by atoms with Gasteiger partial charge >= 0.3 is 0 Å². The highest BCUT2D eigenvalue weighted by molar-refractivity contribution is 5.79. The van der Waals surface area contributed by atoms with Gasteiger partial charge in [0, 0.05) is 58.6 Å². The van der Waals surface area contributed by atoms with Crippen molar-refractivity contribution >= 4 is 5.96 Å². The summed E-state index contributed by atoms with van der Waals surface area (Å²) in [5.41, 5.74) is 2.19. The summed E-state index contributed by atoms with van der Waals surface area (Å²) in [7, 11) is 1.84. The molecule has 0 radical (unpaired) electrons. The van der Waals surface area contributed by atoms with Gasteiger partial charge in [-0.05, 0) is 19.4 Å². The second kappa shape index (κ2) is 8.15. The molecule has 0 amide bonds. The van der Waals surface area contributed by atoms with Gasteiger partial charge in [-0.2, -0.15) is 5.10 Å². The first-order valence-corrected chi connectivity index (χ1v) is 8.73. The summed E-state index contributed by atoms with van der Waals surface area (Å²) in [4.78, 5) is 9.12. The maximum absolute atomic E-state index is 5.14. The fourth-order valence-corrected chi connectivity index (χ4v) is 3.04. The molecule has 0 aliphatic carbocycles. The zero-order valence-electron chi connectivity index (χ0n) is 15.3. The van der Waals surface area contributed by atoms with Crippen molar-refractivity contribution in [2.24, 2.45) is 4.99 Å². The number of aromatic nitrogens is 3. The Morgan fingerprint density at radius 1 is 1.28 bits per heavy atom. The van der Waals surface area contributed by atoms with Gasteiger partial charge in [-0.15, -0.1) is 0 Å². The number of piperazine rings is 1. The van der Waals surface area contributed by atoms with E-state index >= 15 is 0 Å². The van der Waals surface area contributed by atoms with Crippen molar-refractivity contribution in [1.29, 1.82) is 0 Å². The van der Waals surface area contributed by atoms with Gasteiger partial charge in [0.15, 0.2) is 5.96 Å².